The molecule has 23 heavy (non-hydrogen) atoms. The smallest absolute Gasteiger partial charge is 0.220 e. The lowest BCUT2D eigenvalue weighted by Gasteiger charge is -2.40. The van der Waals surface area contributed by atoms with Crippen molar-refractivity contribution in [1.82, 2.24) is 10.2 Å². The number of rotatable bonds is 5. The number of likely N-dealkylation sites (tertiary alicyclic amines) is 1. The summed E-state index contributed by atoms with van der Waals surface area (Å²) in [5.41, 5.74) is 1.36. The van der Waals surface area contributed by atoms with Crippen LogP contribution >= 0.6 is 0 Å². The van der Waals surface area contributed by atoms with Crippen molar-refractivity contribution in [2.75, 3.05) is 26.7 Å². The van der Waals surface area contributed by atoms with E-state index < -0.39 is 0 Å². The van der Waals surface area contributed by atoms with E-state index in [0.29, 0.717) is 24.3 Å². The summed E-state index contributed by atoms with van der Waals surface area (Å²) in [4.78, 5) is 14.2. The van der Waals surface area contributed by atoms with Gasteiger partial charge in [0.05, 0.1) is 7.11 Å². The predicted molar refractivity (Wildman–Crippen MR) is 91.7 cm³/mol. The van der Waals surface area contributed by atoms with Gasteiger partial charge in [-0.1, -0.05) is 25.5 Å². The molecule has 1 aromatic carbocycles. The molecule has 1 amide bonds. The average Bonchev–Trinajstić information content (AvgIpc) is 3.01. The highest BCUT2D eigenvalue weighted by molar-refractivity contribution is 5.78. The topological polar surface area (TPSA) is 41.6 Å². The molecule has 2 fully saturated rings. The van der Waals surface area contributed by atoms with E-state index >= 15 is 0 Å². The maximum absolute atomic E-state index is 11.6. The van der Waals surface area contributed by atoms with Crippen molar-refractivity contribution in [3.63, 3.8) is 0 Å². The number of piperidine rings is 1. The lowest BCUT2D eigenvalue weighted by atomic mass is 9.88. The lowest BCUT2D eigenvalue weighted by molar-refractivity contribution is -0.119. The van der Waals surface area contributed by atoms with Gasteiger partial charge in [0.2, 0.25) is 5.91 Å². The van der Waals surface area contributed by atoms with Crippen LogP contribution in [0.3, 0.4) is 0 Å². The Kier molecular flexibility index (Phi) is 5.21. The van der Waals surface area contributed by atoms with Crippen molar-refractivity contribution in [1.29, 1.82) is 0 Å². The molecule has 3 atom stereocenters. The largest absolute Gasteiger partial charge is 0.497 e. The van der Waals surface area contributed by atoms with Crippen molar-refractivity contribution in [2.45, 2.75) is 44.6 Å². The Morgan fingerprint density at radius 1 is 1.30 bits per heavy atom. The van der Waals surface area contributed by atoms with Crippen molar-refractivity contribution in [3.05, 3.63) is 29.8 Å². The van der Waals surface area contributed by atoms with Gasteiger partial charge in [-0.25, -0.2) is 0 Å². The normalized spacial score (nSPS) is 26.8. The van der Waals surface area contributed by atoms with Gasteiger partial charge in [-0.3, -0.25) is 9.69 Å². The number of nitrogens with zero attached hydrogens (tertiary/aromatic N) is 1. The predicted octanol–water partition coefficient (Wildman–Crippen LogP) is 2.79. The van der Waals surface area contributed by atoms with Gasteiger partial charge in [0.1, 0.15) is 5.75 Å². The van der Waals surface area contributed by atoms with Gasteiger partial charge in [0.15, 0.2) is 0 Å². The minimum Gasteiger partial charge on any atom is -0.497 e. The Bertz CT molecular complexity index is 529. The number of carbonyl (C=O) groups is 1. The van der Waals surface area contributed by atoms with Crippen molar-refractivity contribution >= 4 is 5.91 Å². The summed E-state index contributed by atoms with van der Waals surface area (Å²) in [6.45, 7) is 5.39. The summed E-state index contributed by atoms with van der Waals surface area (Å²) in [5.74, 6) is 2.12. The minimum absolute atomic E-state index is 0.226. The molecule has 1 aromatic rings. The van der Waals surface area contributed by atoms with Gasteiger partial charge in [-0.05, 0) is 43.0 Å². The fourth-order valence-corrected chi connectivity index (χ4v) is 4.07. The van der Waals surface area contributed by atoms with Gasteiger partial charge in [-0.15, -0.1) is 0 Å². The first-order chi connectivity index (χ1) is 11.2. The number of hydrogen-bond donors (Lipinski definition) is 1. The summed E-state index contributed by atoms with van der Waals surface area (Å²) in [6, 6.07) is 8.98. The maximum atomic E-state index is 11.6. The number of ether oxygens (including phenoxy) is 1. The molecule has 0 unspecified atom stereocenters. The molecule has 0 bridgehead atoms. The van der Waals surface area contributed by atoms with Gasteiger partial charge < -0.3 is 10.1 Å². The number of nitrogens with one attached hydrogen (secondary N) is 1. The van der Waals surface area contributed by atoms with Gasteiger partial charge >= 0.3 is 0 Å². The molecule has 4 heteroatoms. The van der Waals surface area contributed by atoms with E-state index in [0.717, 1.165) is 25.4 Å². The first kappa shape index (κ1) is 16.3. The van der Waals surface area contributed by atoms with E-state index in [-0.39, 0.29) is 5.91 Å². The fraction of sp³-hybridized carbons (Fsp3) is 0.632. The second-order valence-electron chi connectivity index (χ2n) is 7.00. The molecule has 0 aromatic heterocycles. The number of benzene rings is 1. The van der Waals surface area contributed by atoms with Gasteiger partial charge in [0, 0.05) is 31.5 Å². The number of hydrogen-bond acceptors (Lipinski definition) is 3. The molecule has 126 valence electrons. The van der Waals surface area contributed by atoms with Crippen molar-refractivity contribution < 1.29 is 9.53 Å². The summed E-state index contributed by atoms with van der Waals surface area (Å²) in [5, 5.41) is 3.01. The van der Waals surface area contributed by atoms with Crippen LogP contribution in [0.2, 0.25) is 0 Å². The minimum atomic E-state index is 0.226. The Hall–Kier alpha value is -1.55. The van der Waals surface area contributed by atoms with Crippen LogP contribution in [0.15, 0.2) is 24.3 Å². The second kappa shape index (κ2) is 7.35. The molecule has 1 N–H and O–H groups in total. The highest BCUT2D eigenvalue weighted by Gasteiger charge is 2.34. The molecule has 2 saturated heterocycles. The quantitative estimate of drug-likeness (QED) is 0.908. The molecule has 0 saturated carbocycles. The van der Waals surface area contributed by atoms with Gasteiger partial charge in [-0.2, -0.15) is 0 Å². The monoisotopic (exact) mass is 316 g/mol. The molecule has 2 aliphatic heterocycles. The molecule has 2 heterocycles. The molecule has 3 rings (SSSR count). The van der Waals surface area contributed by atoms with Crippen LogP contribution in [0.5, 0.6) is 5.75 Å². The van der Waals surface area contributed by atoms with Crippen LogP contribution in [0.25, 0.3) is 0 Å². The van der Waals surface area contributed by atoms with Crippen LogP contribution in [-0.2, 0) is 4.79 Å². The highest BCUT2D eigenvalue weighted by Crippen LogP contribution is 2.30. The van der Waals surface area contributed by atoms with Crippen LogP contribution in [0, 0.1) is 5.92 Å². The van der Waals surface area contributed by atoms with E-state index in [1.807, 2.05) is 12.1 Å². The molecule has 4 nitrogen and oxygen atoms in total. The fourth-order valence-electron chi connectivity index (χ4n) is 4.07. The first-order valence-electron chi connectivity index (χ1n) is 8.82. The zero-order chi connectivity index (χ0) is 16.2. The first-order valence-corrected chi connectivity index (χ1v) is 8.82. The summed E-state index contributed by atoms with van der Waals surface area (Å²) in [6.07, 6.45) is 4.51. The molecular formula is C19H28N2O2. The van der Waals surface area contributed by atoms with Crippen LogP contribution < -0.4 is 10.1 Å². The van der Waals surface area contributed by atoms with E-state index in [4.69, 9.17) is 4.74 Å². The number of methoxy groups -OCH3 is 1. The number of amides is 1. The maximum Gasteiger partial charge on any atom is 0.220 e. The standard InChI is InChI=1S/C19H28N2O2/c1-14(15-6-8-17(23-2)9-7-15)13-21-10-4-3-5-18(21)16-11-19(22)20-12-16/h6-9,14,16,18H,3-5,10-13H2,1-2H3,(H,20,22)/t14-,16+,18-/m1/s1. The van der Waals surface area contributed by atoms with Gasteiger partial charge in [0.25, 0.3) is 0 Å². The zero-order valence-corrected chi connectivity index (χ0v) is 14.3. The Morgan fingerprint density at radius 3 is 2.74 bits per heavy atom. The summed E-state index contributed by atoms with van der Waals surface area (Å²) in [7, 11) is 1.70. The summed E-state index contributed by atoms with van der Waals surface area (Å²) < 4.78 is 5.24. The molecular weight excluding hydrogens is 288 g/mol. The Morgan fingerprint density at radius 2 is 2.09 bits per heavy atom. The SMILES string of the molecule is COc1ccc([C@H](C)CN2CCCC[C@@H]2[C@@H]2CNC(=O)C2)cc1. The van der Waals surface area contributed by atoms with Crippen molar-refractivity contribution in [3.8, 4) is 5.75 Å². The zero-order valence-electron chi connectivity index (χ0n) is 14.3. The molecule has 0 aliphatic carbocycles. The van der Waals surface area contributed by atoms with E-state index in [1.54, 1.807) is 7.11 Å². The summed E-state index contributed by atoms with van der Waals surface area (Å²) >= 11 is 0. The van der Waals surface area contributed by atoms with E-state index in [2.05, 4.69) is 29.3 Å². The van der Waals surface area contributed by atoms with Crippen LogP contribution in [0.4, 0.5) is 0 Å². The van der Waals surface area contributed by atoms with Crippen molar-refractivity contribution in [2.24, 2.45) is 5.92 Å². The highest BCUT2D eigenvalue weighted by atomic mass is 16.5. The van der Waals surface area contributed by atoms with Crippen LogP contribution in [0.1, 0.15) is 44.1 Å². The third kappa shape index (κ3) is 3.86. The molecule has 0 radical (unpaired) electrons. The average molecular weight is 316 g/mol. The Balaban J connectivity index is 1.64. The number of carbonyl (C=O) groups excluding carboxylic acids is 1. The van der Waals surface area contributed by atoms with Crippen LogP contribution in [-0.4, -0.2) is 43.6 Å². The second-order valence-corrected chi connectivity index (χ2v) is 7.00. The molecule has 2 aliphatic rings. The lowest BCUT2D eigenvalue weighted by Crippen LogP contribution is -2.46. The third-order valence-electron chi connectivity index (χ3n) is 5.41. The van der Waals surface area contributed by atoms with E-state index in [1.165, 1.54) is 24.8 Å². The molecule has 0 spiro atoms. The Labute approximate surface area is 139 Å². The third-order valence-corrected chi connectivity index (χ3v) is 5.41. The van der Waals surface area contributed by atoms with E-state index in [9.17, 15) is 4.79 Å².